The summed E-state index contributed by atoms with van der Waals surface area (Å²) < 4.78 is 1.55. The molecule has 2 N–H and O–H groups in total. The average molecular weight is 648 g/mol. The van der Waals surface area contributed by atoms with Crippen LogP contribution in [0.3, 0.4) is 0 Å². The van der Waals surface area contributed by atoms with E-state index in [4.69, 9.17) is 0 Å². The predicted octanol–water partition coefficient (Wildman–Crippen LogP) is 7.79. The summed E-state index contributed by atoms with van der Waals surface area (Å²) in [6.07, 6.45) is 0. The number of aliphatic hydroxyl groups is 2. The molecule has 5 aromatic carbocycles. The van der Waals surface area contributed by atoms with Crippen LogP contribution in [0.4, 0.5) is 0 Å². The van der Waals surface area contributed by atoms with E-state index >= 15 is 0 Å². The van der Waals surface area contributed by atoms with Gasteiger partial charge < -0.3 is 10.2 Å². The summed E-state index contributed by atoms with van der Waals surface area (Å²) in [6, 6.07) is 41.4. The molecule has 40 heavy (non-hydrogen) atoms. The van der Waals surface area contributed by atoms with E-state index in [1.54, 1.807) is 0 Å². The topological polar surface area (TPSA) is 40.5 Å². The first-order chi connectivity index (χ1) is 19.4. The van der Waals surface area contributed by atoms with Crippen LogP contribution in [0.15, 0.2) is 142 Å². The molecule has 4 heteroatoms. The lowest BCUT2D eigenvalue weighted by Crippen LogP contribution is -2.26. The monoisotopic (exact) mass is 646 g/mol. The molecule has 5 rings (SSSR count). The fraction of sp³-hybridized carbons (Fsp3) is 0.0556. The average Bonchev–Trinajstić information content (AvgIpc) is 3.00. The molecule has 0 heterocycles. The van der Waals surface area contributed by atoms with Crippen molar-refractivity contribution in [2.75, 3.05) is 0 Å². The Kier molecular flexibility index (Phi) is 8.36. The van der Waals surface area contributed by atoms with Gasteiger partial charge in [-0.25, -0.2) is 0 Å². The van der Waals surface area contributed by atoms with Crippen molar-refractivity contribution in [3.63, 3.8) is 0 Å². The maximum atomic E-state index is 11.8. The van der Waals surface area contributed by atoms with Crippen LogP contribution in [0, 0.1) is 23.7 Å². The molecule has 0 aliphatic heterocycles. The lowest BCUT2D eigenvalue weighted by Gasteiger charge is -2.24. The minimum absolute atomic E-state index is 0.670. The molecule has 0 fully saturated rings. The molecule has 0 amide bonds. The van der Waals surface area contributed by atoms with Crippen molar-refractivity contribution in [1.82, 2.24) is 0 Å². The minimum Gasteiger partial charge on any atom is -0.369 e. The van der Waals surface area contributed by atoms with E-state index in [9.17, 15) is 10.2 Å². The lowest BCUT2D eigenvalue weighted by atomic mass is 9.86. The summed E-state index contributed by atoms with van der Waals surface area (Å²) in [4.78, 5) is 0. The molecule has 0 radical (unpaired) electrons. The van der Waals surface area contributed by atoms with Gasteiger partial charge in [-0.3, -0.25) is 0 Å². The second-order valence-electron chi connectivity index (χ2n) is 9.19. The summed E-state index contributed by atoms with van der Waals surface area (Å²) in [5.41, 5.74) is 1.16. The lowest BCUT2D eigenvalue weighted by molar-refractivity contribution is 0.144. The van der Waals surface area contributed by atoms with Crippen molar-refractivity contribution in [3.05, 3.63) is 176 Å². The van der Waals surface area contributed by atoms with Gasteiger partial charge in [-0.2, -0.15) is 0 Å². The van der Waals surface area contributed by atoms with Gasteiger partial charge in [-0.1, -0.05) is 153 Å². The van der Waals surface area contributed by atoms with Crippen LogP contribution in [0.2, 0.25) is 0 Å². The largest absolute Gasteiger partial charge is 0.369 e. The van der Waals surface area contributed by atoms with Gasteiger partial charge >= 0.3 is 0 Å². The number of rotatable bonds is 4. The molecule has 2 atom stereocenters. The van der Waals surface area contributed by atoms with Crippen molar-refractivity contribution >= 4 is 31.9 Å². The zero-order chi connectivity index (χ0) is 28.0. The smallest absolute Gasteiger partial charge is 0.178 e. The van der Waals surface area contributed by atoms with E-state index in [0.29, 0.717) is 22.3 Å². The second kappa shape index (κ2) is 12.1. The first-order valence-corrected chi connectivity index (χ1v) is 14.2. The Bertz CT molecular complexity index is 1610. The SMILES string of the molecule is OC(C#Cc1ccc(C#CC(O)(c2ccccc2)c2ccccc2Br)cc1)(c1ccccc1)c1ccccc1Br. The van der Waals surface area contributed by atoms with Crippen molar-refractivity contribution in [2.45, 2.75) is 11.2 Å². The molecular weight excluding hydrogens is 624 g/mol. The Morgan fingerprint density at radius 3 is 1.10 bits per heavy atom. The van der Waals surface area contributed by atoms with Crippen LogP contribution in [0.5, 0.6) is 0 Å². The fourth-order valence-electron chi connectivity index (χ4n) is 4.42. The highest BCUT2D eigenvalue weighted by Crippen LogP contribution is 2.35. The van der Waals surface area contributed by atoms with Crippen molar-refractivity contribution in [3.8, 4) is 23.7 Å². The summed E-state index contributed by atoms with van der Waals surface area (Å²) in [5.74, 6) is 12.5. The molecular formula is C36H24Br2O2. The molecule has 2 unspecified atom stereocenters. The number of halogens is 2. The third-order valence-corrected chi connectivity index (χ3v) is 7.95. The van der Waals surface area contributed by atoms with Gasteiger partial charge in [0.05, 0.1) is 0 Å². The Morgan fingerprint density at radius 2 is 0.750 bits per heavy atom. The van der Waals surface area contributed by atoms with E-state index in [0.717, 1.165) is 20.1 Å². The first kappa shape index (κ1) is 27.7. The van der Waals surface area contributed by atoms with E-state index in [-0.39, 0.29) is 0 Å². The highest BCUT2D eigenvalue weighted by Gasteiger charge is 2.32. The van der Waals surface area contributed by atoms with Crippen molar-refractivity contribution < 1.29 is 10.2 Å². The van der Waals surface area contributed by atoms with Crippen LogP contribution in [0.1, 0.15) is 33.4 Å². The molecule has 0 spiro atoms. The number of hydrogen-bond donors (Lipinski definition) is 2. The van der Waals surface area contributed by atoms with Gasteiger partial charge in [0.25, 0.3) is 0 Å². The summed E-state index contributed by atoms with van der Waals surface area (Å²) in [5, 5.41) is 23.6. The van der Waals surface area contributed by atoms with Gasteiger partial charge in [0.15, 0.2) is 11.2 Å². The molecule has 0 aromatic heterocycles. The molecule has 2 nitrogen and oxygen atoms in total. The molecule has 0 saturated carbocycles. The Balaban J connectivity index is 1.49. The van der Waals surface area contributed by atoms with Gasteiger partial charge in [-0.15, -0.1) is 0 Å². The Labute approximate surface area is 251 Å². The molecule has 0 saturated heterocycles. The predicted molar refractivity (Wildman–Crippen MR) is 167 cm³/mol. The summed E-state index contributed by atoms with van der Waals surface area (Å²) >= 11 is 7.14. The maximum Gasteiger partial charge on any atom is 0.178 e. The van der Waals surface area contributed by atoms with Crippen LogP contribution >= 0.6 is 31.9 Å². The van der Waals surface area contributed by atoms with Crippen molar-refractivity contribution in [2.24, 2.45) is 0 Å². The molecule has 5 aromatic rings. The second-order valence-corrected chi connectivity index (χ2v) is 10.9. The standard InChI is InChI=1S/C36H24Br2O2/c37-33-17-9-7-15-31(33)35(39,29-11-3-1-4-12-29)25-23-27-19-21-28(22-20-27)24-26-36(40,30-13-5-2-6-14-30)32-16-8-10-18-34(32)38/h1-22,39-40H. The van der Waals surface area contributed by atoms with Crippen molar-refractivity contribution in [1.29, 1.82) is 0 Å². The van der Waals surface area contributed by atoms with E-state index in [1.807, 2.05) is 133 Å². The number of hydrogen-bond acceptors (Lipinski definition) is 2. The third-order valence-electron chi connectivity index (χ3n) is 6.57. The normalized spacial score (nSPS) is 13.5. The van der Waals surface area contributed by atoms with Crippen LogP contribution in [-0.4, -0.2) is 10.2 Å². The molecule has 194 valence electrons. The fourth-order valence-corrected chi connectivity index (χ4v) is 5.56. The number of benzene rings is 5. The first-order valence-electron chi connectivity index (χ1n) is 12.6. The van der Waals surface area contributed by atoms with Crippen LogP contribution < -0.4 is 0 Å². The maximum absolute atomic E-state index is 11.8. The quantitative estimate of drug-likeness (QED) is 0.196. The van der Waals surface area contributed by atoms with Gasteiger partial charge in [-0.05, 0) is 36.4 Å². The molecule has 0 aliphatic rings. The zero-order valence-corrected chi connectivity index (χ0v) is 24.5. The minimum atomic E-state index is -1.50. The van der Waals surface area contributed by atoms with E-state index in [2.05, 4.69) is 55.5 Å². The van der Waals surface area contributed by atoms with E-state index in [1.165, 1.54) is 0 Å². The van der Waals surface area contributed by atoms with Gasteiger partial charge in [0, 0.05) is 42.3 Å². The zero-order valence-electron chi connectivity index (χ0n) is 21.4. The third kappa shape index (κ3) is 5.82. The highest BCUT2D eigenvalue weighted by atomic mass is 79.9. The highest BCUT2D eigenvalue weighted by molar-refractivity contribution is 9.10. The Morgan fingerprint density at radius 1 is 0.425 bits per heavy atom. The van der Waals surface area contributed by atoms with E-state index < -0.39 is 11.2 Å². The molecule has 0 aliphatic carbocycles. The summed E-state index contributed by atoms with van der Waals surface area (Å²) in [7, 11) is 0. The molecule has 0 bridgehead atoms. The summed E-state index contributed by atoms with van der Waals surface area (Å²) in [6.45, 7) is 0. The van der Waals surface area contributed by atoms with Crippen LogP contribution in [-0.2, 0) is 11.2 Å². The van der Waals surface area contributed by atoms with Crippen LogP contribution in [0.25, 0.3) is 0 Å². The van der Waals surface area contributed by atoms with Gasteiger partial charge in [0.2, 0.25) is 0 Å². The van der Waals surface area contributed by atoms with Gasteiger partial charge in [0.1, 0.15) is 0 Å². The Hall–Kier alpha value is -3.90.